The zero-order chi connectivity index (χ0) is 26.7. The minimum absolute atomic E-state index is 0.142. The highest BCUT2D eigenvalue weighted by atomic mass is 19.1. The van der Waals surface area contributed by atoms with Crippen molar-refractivity contribution in [1.82, 2.24) is 14.8 Å². The largest absolute Gasteiger partial charge is 0.351 e. The monoisotopic (exact) mass is 503 g/mol. The summed E-state index contributed by atoms with van der Waals surface area (Å²) in [4.78, 5) is 39.6. The van der Waals surface area contributed by atoms with Gasteiger partial charge >= 0.3 is 6.03 Å². The first kappa shape index (κ1) is 25.8. The van der Waals surface area contributed by atoms with Gasteiger partial charge in [-0.1, -0.05) is 68.4 Å². The molecule has 1 aromatic heterocycles. The fourth-order valence-corrected chi connectivity index (χ4v) is 4.59. The molecule has 8 nitrogen and oxygen atoms in total. The highest BCUT2D eigenvalue weighted by Gasteiger charge is 2.41. The molecular formula is C28H30FN5O3. The Morgan fingerprint density at radius 2 is 1.59 bits per heavy atom. The highest BCUT2D eigenvalue weighted by molar-refractivity contribution is 5.98. The van der Waals surface area contributed by atoms with Crippen LogP contribution in [0, 0.1) is 5.41 Å². The van der Waals surface area contributed by atoms with Crippen molar-refractivity contribution in [3.05, 3.63) is 101 Å². The van der Waals surface area contributed by atoms with Crippen molar-refractivity contribution >= 4 is 17.8 Å². The van der Waals surface area contributed by atoms with Gasteiger partial charge in [0.2, 0.25) is 5.91 Å². The smallest absolute Gasteiger partial charge is 0.324 e. The van der Waals surface area contributed by atoms with Crippen LogP contribution >= 0.6 is 0 Å². The van der Waals surface area contributed by atoms with Gasteiger partial charge in [0.05, 0.1) is 18.2 Å². The minimum atomic E-state index is -1.40. The molecule has 1 aliphatic heterocycles. The molecule has 0 bridgehead atoms. The van der Waals surface area contributed by atoms with Crippen LogP contribution < -0.4 is 16.5 Å². The van der Waals surface area contributed by atoms with Gasteiger partial charge in [-0.2, -0.15) is 0 Å². The SMILES string of the molecule is CC(C)c1ccc([C@@H](NC(=O)[C@@H]2C[C@@H](F)CN2C(=O)c2cccn(C(N)=O)c2=N)c2ccccc2)cc1. The molecule has 37 heavy (non-hydrogen) atoms. The number of nitrogens with zero attached hydrogens (tertiary/aromatic N) is 2. The molecule has 1 aliphatic rings. The number of hydrogen-bond acceptors (Lipinski definition) is 4. The first-order valence-electron chi connectivity index (χ1n) is 12.1. The summed E-state index contributed by atoms with van der Waals surface area (Å²) in [6.07, 6.45) is -0.300. The molecule has 1 saturated heterocycles. The first-order chi connectivity index (χ1) is 17.7. The van der Waals surface area contributed by atoms with E-state index in [1.807, 2.05) is 54.6 Å². The van der Waals surface area contributed by atoms with Gasteiger partial charge in [0, 0.05) is 12.6 Å². The topological polar surface area (TPSA) is 121 Å². The van der Waals surface area contributed by atoms with Crippen molar-refractivity contribution in [2.75, 3.05) is 6.54 Å². The van der Waals surface area contributed by atoms with Crippen molar-refractivity contribution in [2.45, 2.75) is 44.4 Å². The van der Waals surface area contributed by atoms with Crippen molar-refractivity contribution in [1.29, 1.82) is 5.41 Å². The predicted molar refractivity (Wildman–Crippen MR) is 137 cm³/mol. The molecule has 2 heterocycles. The molecule has 0 unspecified atom stereocenters. The molecule has 0 aliphatic carbocycles. The number of benzene rings is 2. The Morgan fingerprint density at radius 1 is 0.973 bits per heavy atom. The van der Waals surface area contributed by atoms with E-state index in [1.165, 1.54) is 18.3 Å². The molecule has 4 rings (SSSR count). The molecule has 0 spiro atoms. The van der Waals surface area contributed by atoms with Gasteiger partial charge in [-0.25, -0.2) is 9.18 Å². The zero-order valence-corrected chi connectivity index (χ0v) is 20.7. The van der Waals surface area contributed by atoms with E-state index in [0.29, 0.717) is 5.92 Å². The number of alkyl halides is 1. The normalized spacial score (nSPS) is 18.0. The Bertz CT molecular complexity index is 1350. The molecule has 3 aromatic rings. The summed E-state index contributed by atoms with van der Waals surface area (Å²) in [7, 11) is 0. The number of pyridine rings is 1. The Kier molecular flexibility index (Phi) is 7.52. The van der Waals surface area contributed by atoms with Crippen LogP contribution in [0.1, 0.15) is 59.3 Å². The lowest BCUT2D eigenvalue weighted by molar-refractivity contribution is -0.125. The third kappa shape index (κ3) is 5.45. The molecule has 1 fully saturated rings. The maximum absolute atomic E-state index is 14.6. The number of nitrogens with two attached hydrogens (primary N) is 1. The number of primary amides is 1. The summed E-state index contributed by atoms with van der Waals surface area (Å²) in [5.74, 6) is -0.856. The summed E-state index contributed by atoms with van der Waals surface area (Å²) >= 11 is 0. The fraction of sp³-hybridized carbons (Fsp3) is 0.286. The van der Waals surface area contributed by atoms with E-state index in [9.17, 15) is 18.8 Å². The van der Waals surface area contributed by atoms with E-state index in [0.717, 1.165) is 26.2 Å². The fourth-order valence-electron chi connectivity index (χ4n) is 4.59. The van der Waals surface area contributed by atoms with E-state index >= 15 is 0 Å². The van der Waals surface area contributed by atoms with Crippen molar-refractivity contribution in [3.63, 3.8) is 0 Å². The Balaban J connectivity index is 1.63. The second kappa shape index (κ2) is 10.8. The number of hydrogen-bond donors (Lipinski definition) is 3. The Hall–Kier alpha value is -4.27. The van der Waals surface area contributed by atoms with Crippen LogP contribution in [-0.2, 0) is 4.79 Å². The number of carbonyl (C=O) groups excluding carboxylic acids is 3. The molecule has 4 N–H and O–H groups in total. The molecule has 192 valence electrons. The zero-order valence-electron chi connectivity index (χ0n) is 20.7. The third-order valence-corrected chi connectivity index (χ3v) is 6.63. The third-order valence-electron chi connectivity index (χ3n) is 6.63. The number of nitrogens with one attached hydrogen (secondary N) is 2. The van der Waals surface area contributed by atoms with E-state index in [-0.39, 0.29) is 18.5 Å². The molecule has 9 heteroatoms. The van der Waals surface area contributed by atoms with E-state index in [4.69, 9.17) is 11.1 Å². The maximum atomic E-state index is 14.6. The lowest BCUT2D eigenvalue weighted by Crippen LogP contribution is -2.48. The molecule has 0 radical (unpaired) electrons. The van der Waals surface area contributed by atoms with Crippen LogP contribution in [-0.4, -0.2) is 46.1 Å². The van der Waals surface area contributed by atoms with Gasteiger partial charge in [-0.15, -0.1) is 0 Å². The Labute approximate surface area is 214 Å². The average Bonchev–Trinajstić information content (AvgIpc) is 3.29. The average molecular weight is 504 g/mol. The van der Waals surface area contributed by atoms with Gasteiger partial charge in [0.1, 0.15) is 17.7 Å². The van der Waals surface area contributed by atoms with Crippen LogP contribution in [0.15, 0.2) is 72.9 Å². The summed E-state index contributed by atoms with van der Waals surface area (Å²) in [6, 6.07) is 17.6. The van der Waals surface area contributed by atoms with Crippen molar-refractivity contribution < 1.29 is 18.8 Å². The highest BCUT2D eigenvalue weighted by Crippen LogP contribution is 2.27. The molecule has 3 amide bonds. The number of carbonyl (C=O) groups is 3. The number of amides is 3. The second-order valence-electron chi connectivity index (χ2n) is 9.46. The number of aromatic nitrogens is 1. The van der Waals surface area contributed by atoms with Crippen LogP contribution in [0.3, 0.4) is 0 Å². The molecule has 2 aromatic carbocycles. The summed E-state index contributed by atoms with van der Waals surface area (Å²) < 4.78 is 15.4. The quantitative estimate of drug-likeness (QED) is 0.477. The van der Waals surface area contributed by atoms with Crippen LogP contribution in [0.2, 0.25) is 0 Å². The first-order valence-corrected chi connectivity index (χ1v) is 12.1. The van der Waals surface area contributed by atoms with Crippen LogP contribution in [0.25, 0.3) is 0 Å². The molecule has 3 atom stereocenters. The second-order valence-corrected chi connectivity index (χ2v) is 9.46. The van der Waals surface area contributed by atoms with E-state index < -0.39 is 41.6 Å². The number of halogens is 1. The van der Waals surface area contributed by atoms with Gasteiger partial charge < -0.3 is 16.0 Å². The van der Waals surface area contributed by atoms with Crippen molar-refractivity contribution in [2.24, 2.45) is 5.73 Å². The Morgan fingerprint density at radius 3 is 2.22 bits per heavy atom. The van der Waals surface area contributed by atoms with Crippen molar-refractivity contribution in [3.8, 4) is 0 Å². The van der Waals surface area contributed by atoms with Crippen LogP contribution in [0.4, 0.5) is 9.18 Å². The predicted octanol–water partition coefficient (Wildman–Crippen LogP) is 3.48. The van der Waals surface area contributed by atoms with Gasteiger partial charge in [-0.05, 0) is 34.7 Å². The summed E-state index contributed by atoms with van der Waals surface area (Å²) in [6.45, 7) is 3.91. The summed E-state index contributed by atoms with van der Waals surface area (Å²) in [5, 5.41) is 11.2. The lowest BCUT2D eigenvalue weighted by atomic mass is 9.95. The van der Waals surface area contributed by atoms with Crippen LogP contribution in [0.5, 0.6) is 0 Å². The number of rotatable bonds is 6. The molecule has 0 saturated carbocycles. The van der Waals surface area contributed by atoms with E-state index in [1.54, 1.807) is 0 Å². The molecular weight excluding hydrogens is 473 g/mol. The van der Waals surface area contributed by atoms with Gasteiger partial charge in [-0.3, -0.25) is 19.6 Å². The standard InChI is InChI=1S/C28H30FN5O3/c1-17(2)18-10-12-20(13-11-18)24(19-7-4-3-5-8-19)32-26(35)23-15-21(29)16-34(23)27(36)22-9-6-14-33(25(22)30)28(31)37/h3-14,17,21,23-24,30H,15-16H2,1-2H3,(H2,31,37)(H,32,35)/t21-,23+,24+/m1/s1. The van der Waals surface area contributed by atoms with Gasteiger partial charge in [0.15, 0.2) is 0 Å². The minimum Gasteiger partial charge on any atom is -0.351 e. The maximum Gasteiger partial charge on any atom is 0.324 e. The lowest BCUT2D eigenvalue weighted by Gasteiger charge is -2.27. The van der Waals surface area contributed by atoms with E-state index in [2.05, 4.69) is 19.2 Å². The summed E-state index contributed by atoms with van der Waals surface area (Å²) in [5.41, 5.74) is 7.58. The number of likely N-dealkylation sites (tertiary alicyclic amines) is 1. The van der Waals surface area contributed by atoms with Gasteiger partial charge in [0.25, 0.3) is 5.91 Å².